The van der Waals surface area contributed by atoms with E-state index in [9.17, 15) is 0 Å². The number of hydrogen-bond donors (Lipinski definition) is 3. The van der Waals surface area contributed by atoms with E-state index in [4.69, 9.17) is 15.3 Å². The van der Waals surface area contributed by atoms with Crippen molar-refractivity contribution in [1.82, 2.24) is 0 Å². The first-order valence-corrected chi connectivity index (χ1v) is 3.87. The van der Waals surface area contributed by atoms with Gasteiger partial charge in [0.1, 0.15) is 0 Å². The summed E-state index contributed by atoms with van der Waals surface area (Å²) in [5.74, 6) is 0.117. The van der Waals surface area contributed by atoms with E-state index in [1.165, 1.54) is 0 Å². The first-order valence-electron chi connectivity index (χ1n) is 3.87. The van der Waals surface area contributed by atoms with Gasteiger partial charge in [0.2, 0.25) is 0 Å². The Morgan fingerprint density at radius 1 is 1.27 bits per heavy atom. The molecule has 3 N–H and O–H groups in total. The van der Waals surface area contributed by atoms with Crippen LogP contribution in [0, 0.1) is 11.3 Å². The molecule has 0 aromatic heterocycles. The Kier molecular flexibility index (Phi) is 4.00. The molecule has 0 aliphatic rings. The van der Waals surface area contributed by atoms with Crippen molar-refractivity contribution >= 4 is 0 Å². The smallest absolute Gasteiger partial charge is 0.156 e. The molecule has 0 heterocycles. The van der Waals surface area contributed by atoms with Gasteiger partial charge in [-0.05, 0) is 12.3 Å². The van der Waals surface area contributed by atoms with E-state index in [0.29, 0.717) is 6.42 Å². The van der Waals surface area contributed by atoms with Gasteiger partial charge in [-0.2, -0.15) is 0 Å². The van der Waals surface area contributed by atoms with Crippen molar-refractivity contribution in [3.63, 3.8) is 0 Å². The minimum Gasteiger partial charge on any atom is -0.396 e. The third kappa shape index (κ3) is 3.70. The van der Waals surface area contributed by atoms with Crippen LogP contribution in [-0.4, -0.2) is 28.2 Å². The number of rotatable bonds is 4. The summed E-state index contributed by atoms with van der Waals surface area (Å²) >= 11 is 0. The Labute approximate surface area is 67.7 Å². The highest BCUT2D eigenvalue weighted by Crippen LogP contribution is 2.27. The van der Waals surface area contributed by atoms with Crippen LogP contribution < -0.4 is 0 Å². The predicted molar refractivity (Wildman–Crippen MR) is 42.9 cm³/mol. The van der Waals surface area contributed by atoms with E-state index in [1.54, 1.807) is 13.8 Å². The van der Waals surface area contributed by atoms with Gasteiger partial charge in [-0.25, -0.2) is 0 Å². The molecular formula is C8H18O3. The van der Waals surface area contributed by atoms with E-state index in [0.717, 1.165) is 0 Å². The quantitative estimate of drug-likeness (QED) is 0.522. The zero-order valence-corrected chi connectivity index (χ0v) is 7.41. The zero-order chi connectivity index (χ0) is 9.07. The lowest BCUT2D eigenvalue weighted by Crippen LogP contribution is -2.31. The Morgan fingerprint density at radius 2 is 1.73 bits per heavy atom. The van der Waals surface area contributed by atoms with Gasteiger partial charge < -0.3 is 15.3 Å². The fraction of sp³-hybridized carbons (Fsp3) is 1.00. The van der Waals surface area contributed by atoms with Gasteiger partial charge in [0.25, 0.3) is 0 Å². The molecule has 11 heavy (non-hydrogen) atoms. The van der Waals surface area contributed by atoms with Crippen LogP contribution in [0.15, 0.2) is 0 Å². The second-order valence-corrected chi connectivity index (χ2v) is 3.85. The molecule has 0 saturated heterocycles. The summed E-state index contributed by atoms with van der Waals surface area (Å²) < 4.78 is 0. The molecular weight excluding hydrogens is 144 g/mol. The van der Waals surface area contributed by atoms with Crippen LogP contribution in [0.5, 0.6) is 0 Å². The molecule has 0 aliphatic carbocycles. The minimum atomic E-state index is -1.31. The molecule has 0 saturated carbocycles. The minimum absolute atomic E-state index is 0.0934. The van der Waals surface area contributed by atoms with Gasteiger partial charge in [0, 0.05) is 12.0 Å². The average molecular weight is 162 g/mol. The van der Waals surface area contributed by atoms with Crippen LogP contribution in [0.3, 0.4) is 0 Å². The van der Waals surface area contributed by atoms with E-state index < -0.39 is 11.7 Å². The summed E-state index contributed by atoms with van der Waals surface area (Å²) in [4.78, 5) is 0. The highest BCUT2D eigenvalue weighted by molar-refractivity contribution is 4.72. The molecule has 1 unspecified atom stereocenters. The molecule has 0 bridgehead atoms. The number of aliphatic hydroxyl groups excluding tert-OH is 2. The van der Waals surface area contributed by atoms with Crippen molar-refractivity contribution in [1.29, 1.82) is 0 Å². The standard InChI is InChI=1S/C8H18O3/c1-6(5-9)4-8(2,3)7(10)11/h6-7,9-11H,4-5H2,1-3H3. The molecule has 0 fully saturated rings. The summed E-state index contributed by atoms with van der Waals surface area (Å²) in [5, 5.41) is 26.5. The Bertz CT molecular complexity index is 110. The molecule has 0 amide bonds. The molecule has 0 radical (unpaired) electrons. The van der Waals surface area contributed by atoms with Gasteiger partial charge in [-0.1, -0.05) is 20.8 Å². The van der Waals surface area contributed by atoms with Crippen LogP contribution in [-0.2, 0) is 0 Å². The summed E-state index contributed by atoms with van der Waals surface area (Å²) in [6.07, 6.45) is -0.697. The van der Waals surface area contributed by atoms with Crippen molar-refractivity contribution in [2.75, 3.05) is 6.61 Å². The second kappa shape index (κ2) is 4.04. The summed E-state index contributed by atoms with van der Waals surface area (Å²) in [5.41, 5.74) is -0.526. The summed E-state index contributed by atoms with van der Waals surface area (Å²) in [7, 11) is 0. The maximum Gasteiger partial charge on any atom is 0.156 e. The molecule has 0 rings (SSSR count). The Hall–Kier alpha value is -0.120. The Balaban J connectivity index is 3.90. The predicted octanol–water partition coefficient (Wildman–Crippen LogP) is 0.342. The maximum atomic E-state index is 8.90. The van der Waals surface area contributed by atoms with Crippen LogP contribution in [0.4, 0.5) is 0 Å². The number of aliphatic hydroxyl groups is 3. The third-order valence-corrected chi connectivity index (χ3v) is 1.89. The lowest BCUT2D eigenvalue weighted by atomic mass is 9.83. The highest BCUT2D eigenvalue weighted by Gasteiger charge is 2.27. The van der Waals surface area contributed by atoms with Crippen LogP contribution >= 0.6 is 0 Å². The highest BCUT2D eigenvalue weighted by atomic mass is 16.5. The van der Waals surface area contributed by atoms with Crippen LogP contribution in [0.2, 0.25) is 0 Å². The molecule has 3 nitrogen and oxygen atoms in total. The largest absolute Gasteiger partial charge is 0.396 e. The molecule has 0 aromatic carbocycles. The summed E-state index contributed by atoms with van der Waals surface area (Å²) in [6, 6.07) is 0. The van der Waals surface area contributed by atoms with Crippen molar-refractivity contribution in [2.45, 2.75) is 33.5 Å². The normalized spacial score (nSPS) is 15.5. The lowest BCUT2D eigenvalue weighted by molar-refractivity contribution is -0.129. The zero-order valence-electron chi connectivity index (χ0n) is 7.41. The fourth-order valence-electron chi connectivity index (χ4n) is 1.07. The van der Waals surface area contributed by atoms with Gasteiger partial charge in [0.15, 0.2) is 6.29 Å². The first-order chi connectivity index (χ1) is 4.90. The fourth-order valence-corrected chi connectivity index (χ4v) is 1.07. The molecule has 3 heteroatoms. The van der Waals surface area contributed by atoms with Gasteiger partial charge >= 0.3 is 0 Å². The lowest BCUT2D eigenvalue weighted by Gasteiger charge is -2.28. The second-order valence-electron chi connectivity index (χ2n) is 3.85. The molecule has 68 valence electrons. The third-order valence-electron chi connectivity index (χ3n) is 1.89. The van der Waals surface area contributed by atoms with Crippen LogP contribution in [0.25, 0.3) is 0 Å². The Morgan fingerprint density at radius 3 is 2.00 bits per heavy atom. The maximum absolute atomic E-state index is 8.90. The SMILES string of the molecule is CC(CO)CC(C)(C)C(O)O. The van der Waals surface area contributed by atoms with Crippen molar-refractivity contribution in [2.24, 2.45) is 11.3 Å². The van der Waals surface area contributed by atoms with E-state index in [-0.39, 0.29) is 12.5 Å². The molecule has 0 aromatic rings. The summed E-state index contributed by atoms with van der Waals surface area (Å²) in [6.45, 7) is 5.51. The van der Waals surface area contributed by atoms with Gasteiger partial charge in [0.05, 0.1) is 0 Å². The van der Waals surface area contributed by atoms with E-state index in [2.05, 4.69) is 0 Å². The number of hydrogen-bond acceptors (Lipinski definition) is 3. The average Bonchev–Trinajstić information content (AvgIpc) is 1.86. The van der Waals surface area contributed by atoms with Crippen molar-refractivity contribution in [3.8, 4) is 0 Å². The van der Waals surface area contributed by atoms with Gasteiger partial charge in [-0.15, -0.1) is 0 Å². The topological polar surface area (TPSA) is 60.7 Å². The van der Waals surface area contributed by atoms with Gasteiger partial charge in [-0.3, -0.25) is 0 Å². The molecule has 1 atom stereocenters. The molecule has 0 spiro atoms. The van der Waals surface area contributed by atoms with E-state index >= 15 is 0 Å². The first kappa shape index (κ1) is 10.9. The van der Waals surface area contributed by atoms with E-state index in [1.807, 2.05) is 6.92 Å². The van der Waals surface area contributed by atoms with Crippen LogP contribution in [0.1, 0.15) is 27.2 Å². The van der Waals surface area contributed by atoms with Crippen molar-refractivity contribution in [3.05, 3.63) is 0 Å². The monoisotopic (exact) mass is 162 g/mol. The molecule has 0 aliphatic heterocycles. The van der Waals surface area contributed by atoms with Crippen molar-refractivity contribution < 1.29 is 15.3 Å².